The number of rotatable bonds is 9. The first-order valence-corrected chi connectivity index (χ1v) is 11.6. The smallest absolute Gasteiger partial charge is 0.162 e. The lowest BCUT2D eigenvalue weighted by Gasteiger charge is -2.20. The zero-order valence-electron chi connectivity index (χ0n) is 19.1. The third-order valence-corrected chi connectivity index (χ3v) is 5.69. The molecule has 0 spiro atoms. The van der Waals surface area contributed by atoms with Gasteiger partial charge in [-0.25, -0.2) is 0 Å². The molecule has 32 heavy (non-hydrogen) atoms. The molecule has 0 aliphatic heterocycles. The molecule has 4 aromatic carbocycles. The maximum Gasteiger partial charge on any atom is 0.162 e. The molecule has 0 radical (unpaired) electrons. The van der Waals surface area contributed by atoms with Crippen LogP contribution in [0.25, 0.3) is 32.7 Å². The molecule has 0 heterocycles. The van der Waals surface area contributed by atoms with Crippen molar-refractivity contribution in [1.82, 2.24) is 0 Å². The molecule has 0 atom stereocenters. The van der Waals surface area contributed by atoms with E-state index in [9.17, 15) is 4.79 Å². The first kappa shape index (κ1) is 21.9. The predicted molar refractivity (Wildman–Crippen MR) is 133 cm³/mol. The third-order valence-electron chi connectivity index (χ3n) is 5.69. The number of benzene rings is 4. The predicted octanol–water partition coefficient (Wildman–Crippen LogP) is 7.83. The Kier molecular flexibility index (Phi) is 6.75. The van der Waals surface area contributed by atoms with Crippen LogP contribution in [0.5, 0.6) is 11.5 Å². The van der Waals surface area contributed by atoms with E-state index in [-0.39, 0.29) is 5.78 Å². The monoisotopic (exact) mass is 426 g/mol. The van der Waals surface area contributed by atoms with E-state index in [4.69, 9.17) is 9.47 Å². The zero-order valence-corrected chi connectivity index (χ0v) is 19.1. The summed E-state index contributed by atoms with van der Waals surface area (Å²) in [6.45, 7) is 7.40. The normalized spacial score (nSPS) is 11.1. The van der Waals surface area contributed by atoms with Crippen LogP contribution in [0.4, 0.5) is 0 Å². The van der Waals surface area contributed by atoms with Gasteiger partial charge < -0.3 is 9.47 Å². The lowest BCUT2D eigenvalue weighted by atomic mass is 9.91. The summed E-state index contributed by atoms with van der Waals surface area (Å²) in [5.41, 5.74) is 2.81. The minimum atomic E-state index is 0.150. The van der Waals surface area contributed by atoms with Gasteiger partial charge in [0.15, 0.2) is 5.78 Å². The molecule has 0 bridgehead atoms. The molecule has 3 heteroatoms. The summed E-state index contributed by atoms with van der Waals surface area (Å²) < 4.78 is 12.5. The number of carbonyl (C=O) groups excluding carboxylic acids is 1. The van der Waals surface area contributed by atoms with Crippen molar-refractivity contribution in [3.8, 4) is 22.6 Å². The Morgan fingerprint density at radius 1 is 0.688 bits per heavy atom. The first-order chi connectivity index (χ1) is 15.7. The first-order valence-electron chi connectivity index (χ1n) is 11.6. The van der Waals surface area contributed by atoms with Crippen LogP contribution in [-0.4, -0.2) is 19.0 Å². The van der Waals surface area contributed by atoms with Gasteiger partial charge in [0, 0.05) is 23.1 Å². The van der Waals surface area contributed by atoms with Crippen LogP contribution in [-0.2, 0) is 0 Å². The highest BCUT2D eigenvalue weighted by atomic mass is 16.5. The van der Waals surface area contributed by atoms with Gasteiger partial charge in [0.1, 0.15) is 11.5 Å². The van der Waals surface area contributed by atoms with Crippen molar-refractivity contribution in [3.63, 3.8) is 0 Å². The molecule has 0 unspecified atom stereocenters. The van der Waals surface area contributed by atoms with Gasteiger partial charge in [0.2, 0.25) is 0 Å². The van der Waals surface area contributed by atoms with E-state index in [0.717, 1.165) is 62.6 Å². The number of hydrogen-bond acceptors (Lipinski definition) is 3. The fourth-order valence-corrected chi connectivity index (χ4v) is 4.12. The van der Waals surface area contributed by atoms with Crippen molar-refractivity contribution in [2.45, 2.75) is 40.0 Å². The minimum Gasteiger partial charge on any atom is -0.493 e. The summed E-state index contributed by atoms with van der Waals surface area (Å²) in [7, 11) is 0. The summed E-state index contributed by atoms with van der Waals surface area (Å²) in [5.74, 6) is 1.84. The molecule has 0 fully saturated rings. The summed E-state index contributed by atoms with van der Waals surface area (Å²) in [4.78, 5) is 12.3. The van der Waals surface area contributed by atoms with E-state index in [1.807, 2.05) is 31.2 Å². The summed E-state index contributed by atoms with van der Waals surface area (Å²) in [6, 6.07) is 22.6. The van der Waals surface area contributed by atoms with Crippen molar-refractivity contribution in [2.75, 3.05) is 13.2 Å². The molecule has 4 rings (SSSR count). The summed E-state index contributed by atoms with van der Waals surface area (Å²) >= 11 is 0. The Morgan fingerprint density at radius 2 is 1.28 bits per heavy atom. The van der Waals surface area contributed by atoms with E-state index in [1.54, 1.807) is 0 Å². The van der Waals surface area contributed by atoms with Crippen LogP contribution >= 0.6 is 0 Å². The quantitative estimate of drug-likeness (QED) is 0.256. The second-order valence-corrected chi connectivity index (χ2v) is 8.01. The number of Topliss-reactive ketones (excluding diaryl/α,β-unsaturated/α-hetero) is 1. The van der Waals surface area contributed by atoms with E-state index in [1.165, 1.54) is 0 Å². The highest BCUT2D eigenvalue weighted by Crippen LogP contribution is 2.45. The number of fused-ring (bicyclic) bond motifs is 2. The number of hydrogen-bond donors (Lipinski definition) is 0. The van der Waals surface area contributed by atoms with Gasteiger partial charge in [-0.15, -0.1) is 0 Å². The van der Waals surface area contributed by atoms with Crippen LogP contribution in [0, 0.1) is 0 Å². The molecule has 0 amide bonds. The number of ketones is 1. The highest BCUT2D eigenvalue weighted by molar-refractivity contribution is 6.11. The standard InChI is InChI=1S/C29H30O3/c1-4-17-31-26-15-12-20-9-7-8-10-23(20)28(26)29-24-14-11-22(25(30)6-3)19-21(24)13-16-27(29)32-18-5-2/h7-16,19H,4-6,17-18H2,1-3H3. The molecular weight excluding hydrogens is 396 g/mol. The summed E-state index contributed by atoms with van der Waals surface area (Å²) in [6.07, 6.45) is 2.36. The zero-order chi connectivity index (χ0) is 22.5. The molecular formula is C29H30O3. The molecule has 0 saturated heterocycles. The molecule has 0 aromatic heterocycles. The number of carbonyl (C=O) groups is 1. The molecule has 3 nitrogen and oxygen atoms in total. The summed E-state index contributed by atoms with van der Waals surface area (Å²) in [5, 5.41) is 4.37. The van der Waals surface area contributed by atoms with Crippen LogP contribution in [0.15, 0.2) is 66.7 Å². The average Bonchev–Trinajstić information content (AvgIpc) is 2.84. The van der Waals surface area contributed by atoms with Gasteiger partial charge in [-0.3, -0.25) is 4.79 Å². The van der Waals surface area contributed by atoms with Crippen LogP contribution in [0.1, 0.15) is 50.4 Å². The van der Waals surface area contributed by atoms with Crippen LogP contribution in [0.2, 0.25) is 0 Å². The Balaban J connectivity index is 2.05. The largest absolute Gasteiger partial charge is 0.493 e. The maximum atomic E-state index is 12.3. The molecule has 0 saturated carbocycles. The number of ether oxygens (including phenoxy) is 2. The van der Waals surface area contributed by atoms with E-state index < -0.39 is 0 Å². The van der Waals surface area contributed by atoms with Crippen molar-refractivity contribution in [1.29, 1.82) is 0 Å². The maximum absolute atomic E-state index is 12.3. The van der Waals surface area contributed by atoms with Gasteiger partial charge >= 0.3 is 0 Å². The topological polar surface area (TPSA) is 35.5 Å². The second kappa shape index (κ2) is 9.86. The average molecular weight is 427 g/mol. The molecule has 4 aromatic rings. The Bertz CT molecular complexity index is 1260. The van der Waals surface area contributed by atoms with Crippen LogP contribution < -0.4 is 9.47 Å². The fourth-order valence-electron chi connectivity index (χ4n) is 4.12. The van der Waals surface area contributed by atoms with Crippen molar-refractivity contribution < 1.29 is 14.3 Å². The van der Waals surface area contributed by atoms with E-state index in [0.29, 0.717) is 19.6 Å². The van der Waals surface area contributed by atoms with Gasteiger partial charge in [-0.05, 0) is 52.6 Å². The Morgan fingerprint density at radius 3 is 1.91 bits per heavy atom. The molecule has 0 aliphatic carbocycles. The van der Waals surface area contributed by atoms with Crippen molar-refractivity contribution in [3.05, 3.63) is 72.3 Å². The van der Waals surface area contributed by atoms with Gasteiger partial charge in [0.05, 0.1) is 13.2 Å². The van der Waals surface area contributed by atoms with Crippen LogP contribution in [0.3, 0.4) is 0 Å². The Labute approximate surface area is 190 Å². The van der Waals surface area contributed by atoms with Gasteiger partial charge in [0.25, 0.3) is 0 Å². The molecule has 0 aliphatic rings. The lowest BCUT2D eigenvalue weighted by molar-refractivity contribution is 0.0988. The highest BCUT2D eigenvalue weighted by Gasteiger charge is 2.19. The van der Waals surface area contributed by atoms with Crippen molar-refractivity contribution in [2.24, 2.45) is 0 Å². The fraction of sp³-hybridized carbons (Fsp3) is 0.276. The minimum absolute atomic E-state index is 0.150. The molecule has 164 valence electrons. The second-order valence-electron chi connectivity index (χ2n) is 8.01. The van der Waals surface area contributed by atoms with E-state index in [2.05, 4.69) is 56.3 Å². The van der Waals surface area contributed by atoms with Gasteiger partial charge in [-0.2, -0.15) is 0 Å². The van der Waals surface area contributed by atoms with Crippen molar-refractivity contribution >= 4 is 27.3 Å². The van der Waals surface area contributed by atoms with E-state index >= 15 is 0 Å². The SMILES string of the molecule is CCCOc1ccc2ccccc2c1-c1c(OCCC)ccc2cc(C(=O)CC)ccc12. The van der Waals surface area contributed by atoms with Gasteiger partial charge in [-0.1, -0.05) is 69.3 Å². The lowest BCUT2D eigenvalue weighted by Crippen LogP contribution is -2.02. The molecule has 0 N–H and O–H groups in total. The third kappa shape index (κ3) is 4.20. The Hall–Kier alpha value is -3.33.